The lowest BCUT2D eigenvalue weighted by atomic mass is 9.85. The van der Waals surface area contributed by atoms with Gasteiger partial charge >= 0.3 is 0 Å². The van der Waals surface area contributed by atoms with Crippen molar-refractivity contribution in [3.05, 3.63) is 130 Å². The van der Waals surface area contributed by atoms with Crippen molar-refractivity contribution in [1.29, 1.82) is 0 Å². The third-order valence-corrected chi connectivity index (χ3v) is 18.4. The molecule has 1 saturated carbocycles. The first-order valence-corrected chi connectivity index (χ1v) is 28.5. The molecule has 2 aromatic carbocycles. The number of likely N-dealkylation sites (tertiary alicyclic amines) is 2. The van der Waals surface area contributed by atoms with Crippen LogP contribution in [0.3, 0.4) is 0 Å². The van der Waals surface area contributed by atoms with Crippen LogP contribution in [-0.4, -0.2) is 131 Å². The third kappa shape index (κ3) is 10.5. The quantitative estimate of drug-likeness (QED) is 0.0682. The monoisotopic (exact) mass is 1110 g/mol. The number of nitrogens with zero attached hydrogens (tertiary/aromatic N) is 8. The molecule has 3 aliphatic heterocycles. The lowest BCUT2D eigenvalue weighted by molar-refractivity contribution is -0.142. The molecule has 3 unspecified atom stereocenters. The maximum atomic E-state index is 14.6. The fourth-order valence-corrected chi connectivity index (χ4v) is 13.3. The number of β-amino-alcohol motifs (C(OH)–C–C–N with tert-alkyl or cyclic N) is 1. The number of alkyl halides is 2. The second-order valence-corrected chi connectivity index (χ2v) is 24.8. The molecule has 4 fully saturated rings. The van der Waals surface area contributed by atoms with Gasteiger partial charge in [0.2, 0.25) is 17.7 Å². The fraction of sp³-hybridized carbons (Fsp3) is 0.475. The highest BCUT2D eigenvalue weighted by molar-refractivity contribution is 7.13. The predicted molar refractivity (Wildman–Crippen MR) is 297 cm³/mol. The molecular formula is C59H68F2N12O6S. The van der Waals surface area contributed by atoms with E-state index in [4.69, 9.17) is 0 Å². The maximum absolute atomic E-state index is 14.6. The van der Waals surface area contributed by atoms with E-state index in [-0.39, 0.29) is 72.9 Å². The van der Waals surface area contributed by atoms with E-state index >= 15 is 0 Å². The first kappa shape index (κ1) is 54.6. The van der Waals surface area contributed by atoms with Gasteiger partial charge in [-0.25, -0.2) is 18.7 Å². The standard InChI is InChI=1S/C59H68F2N12O6S/c1-33(36-12-14-38(15-13-36)51-34(2)63-32-80-51)65-54(77)46-23-42(74)31-72(46)56(79)52(57(3,4)5)67-53(76)44-17-16-41(27-62-44)70-20-18-35(19-21-70)22-48(75)71-28-39(29-71)50(37-10-8-7-9-11-37)73-30-40(26-64-73)66-55(78)49-43-24-47-58(6,59(47,60)61)25-45(43)68-69-49/h7-17,26-27,30,32-33,35,39,42,46-47,50,52,74H,18-25,28-29,31H2,1-6H3,(H,65,77)(H,66,78)(H,67,76)(H,68,69)/t33?,42-,46+,47+,50?,52?,58-/m1/s1. The fourth-order valence-electron chi connectivity index (χ4n) is 12.4. The van der Waals surface area contributed by atoms with E-state index in [0.29, 0.717) is 49.5 Å². The Morgan fingerprint density at radius 1 is 0.912 bits per heavy atom. The Morgan fingerprint density at radius 2 is 1.65 bits per heavy atom. The van der Waals surface area contributed by atoms with Crippen LogP contribution in [0.1, 0.15) is 121 Å². The number of anilines is 2. The first-order chi connectivity index (χ1) is 38.2. The minimum Gasteiger partial charge on any atom is -0.391 e. The topological polar surface area (TPSA) is 224 Å². The van der Waals surface area contributed by atoms with E-state index in [1.807, 2.05) is 110 Å². The Morgan fingerprint density at radius 3 is 2.33 bits per heavy atom. The number of piperidine rings is 1. The molecule has 420 valence electrons. The Kier molecular flexibility index (Phi) is 14.5. The third-order valence-electron chi connectivity index (χ3n) is 17.5. The van der Waals surface area contributed by atoms with Crippen molar-refractivity contribution < 1.29 is 37.9 Å². The van der Waals surface area contributed by atoms with Crippen LogP contribution >= 0.6 is 11.3 Å². The number of amides is 5. The van der Waals surface area contributed by atoms with E-state index < -0.39 is 58.6 Å². The molecule has 11 rings (SSSR count). The summed E-state index contributed by atoms with van der Waals surface area (Å²) >= 11 is 1.57. The molecule has 5 N–H and O–H groups in total. The van der Waals surface area contributed by atoms with E-state index in [2.05, 4.69) is 46.1 Å². The van der Waals surface area contributed by atoms with E-state index in [1.54, 1.807) is 42.9 Å². The summed E-state index contributed by atoms with van der Waals surface area (Å²) in [6, 6.07) is 18.8. The summed E-state index contributed by atoms with van der Waals surface area (Å²) in [4.78, 5) is 84.6. The molecule has 0 bridgehead atoms. The average molecular weight is 1110 g/mol. The molecule has 5 aliphatic rings. The first-order valence-electron chi connectivity index (χ1n) is 27.6. The van der Waals surface area contributed by atoms with Crippen LogP contribution in [-0.2, 0) is 27.2 Å². The van der Waals surface area contributed by atoms with E-state index in [9.17, 15) is 37.9 Å². The summed E-state index contributed by atoms with van der Waals surface area (Å²) in [6.45, 7) is 13.4. The zero-order chi connectivity index (χ0) is 56.4. The summed E-state index contributed by atoms with van der Waals surface area (Å²) in [7, 11) is 0. The molecule has 7 heterocycles. The van der Waals surface area contributed by atoms with E-state index in [0.717, 1.165) is 45.8 Å². The number of aliphatic hydroxyl groups excluding tert-OH is 1. The van der Waals surface area contributed by atoms with Crippen LogP contribution in [0.25, 0.3) is 10.4 Å². The minimum absolute atomic E-state index is 0.0455. The van der Waals surface area contributed by atoms with Crippen molar-refractivity contribution in [3.8, 4) is 10.4 Å². The smallest absolute Gasteiger partial charge is 0.276 e. The molecule has 18 nitrogen and oxygen atoms in total. The summed E-state index contributed by atoms with van der Waals surface area (Å²) < 4.78 is 30.9. The van der Waals surface area contributed by atoms with Gasteiger partial charge < -0.3 is 35.8 Å². The number of hydrogen-bond donors (Lipinski definition) is 5. The Bertz CT molecular complexity index is 3290. The number of carbonyl (C=O) groups is 5. The zero-order valence-electron chi connectivity index (χ0n) is 45.8. The summed E-state index contributed by atoms with van der Waals surface area (Å²) in [5, 5.41) is 31.3. The predicted octanol–water partition coefficient (Wildman–Crippen LogP) is 7.39. The number of aromatic amines is 1. The highest BCUT2D eigenvalue weighted by Gasteiger charge is 2.78. The minimum atomic E-state index is -2.77. The molecule has 80 heavy (non-hydrogen) atoms. The molecule has 6 aromatic rings. The SMILES string of the molecule is Cc1ncsc1-c1ccc(C(C)NC(=O)[C@@H]2C[C@@H](O)CN2C(=O)C(NC(=O)c2ccc(N3CCC(CC(=O)N4CC(C(c5ccccc5)n5cc(NC(=O)c6n[nH]c7c6C[C@@H]6C(F)(F)[C@]6(C)C7)cn5)C4)CC3)cn2)C(C)(C)C)cc1. The number of benzene rings is 2. The van der Waals surface area contributed by atoms with Crippen LogP contribution < -0.4 is 20.9 Å². The number of carbonyl (C=O) groups excluding carboxylic acids is 5. The molecular weight excluding hydrogens is 1040 g/mol. The lowest BCUT2D eigenvalue weighted by Gasteiger charge is -2.44. The van der Waals surface area contributed by atoms with Crippen LogP contribution in [0, 0.1) is 35.5 Å². The highest BCUT2D eigenvalue weighted by atomic mass is 32.1. The van der Waals surface area contributed by atoms with Gasteiger partial charge in [-0.2, -0.15) is 10.2 Å². The zero-order valence-corrected chi connectivity index (χ0v) is 46.6. The highest BCUT2D eigenvalue weighted by Crippen LogP contribution is 2.70. The number of aryl methyl sites for hydroxylation is 1. The largest absolute Gasteiger partial charge is 0.391 e. The van der Waals surface area contributed by atoms with Crippen molar-refractivity contribution in [2.45, 2.75) is 116 Å². The number of halogens is 2. The van der Waals surface area contributed by atoms with Crippen molar-refractivity contribution in [2.24, 2.45) is 28.6 Å². The van der Waals surface area contributed by atoms with Gasteiger partial charge in [0.05, 0.1) is 58.0 Å². The van der Waals surface area contributed by atoms with Crippen molar-refractivity contribution >= 4 is 52.2 Å². The Labute approximate surface area is 467 Å². The van der Waals surface area contributed by atoms with Crippen molar-refractivity contribution in [1.82, 2.24) is 50.4 Å². The normalized spacial score (nSPS) is 22.8. The van der Waals surface area contributed by atoms with Crippen molar-refractivity contribution in [3.63, 3.8) is 0 Å². The van der Waals surface area contributed by atoms with Gasteiger partial charge in [0.15, 0.2) is 5.69 Å². The van der Waals surface area contributed by atoms with E-state index in [1.165, 1.54) is 4.90 Å². The van der Waals surface area contributed by atoms with Gasteiger partial charge in [-0.05, 0) is 73.3 Å². The number of fused-ring (bicyclic) bond motifs is 2. The number of aromatic nitrogens is 6. The van der Waals surface area contributed by atoms with Crippen LogP contribution in [0.2, 0.25) is 0 Å². The number of pyridine rings is 1. The average Bonchev–Trinajstić information content (AvgIpc) is 4.27. The number of nitrogens with one attached hydrogen (secondary N) is 4. The summed E-state index contributed by atoms with van der Waals surface area (Å²) in [5.41, 5.74) is 6.52. The molecule has 4 aromatic heterocycles. The number of hydrogen-bond acceptors (Lipinski definition) is 12. The van der Waals surface area contributed by atoms with Crippen LogP contribution in [0.5, 0.6) is 0 Å². The molecule has 0 radical (unpaired) electrons. The Balaban J connectivity index is 0.652. The summed E-state index contributed by atoms with van der Waals surface area (Å²) in [5.74, 6) is -5.09. The molecule has 21 heteroatoms. The number of rotatable bonds is 15. The summed E-state index contributed by atoms with van der Waals surface area (Å²) in [6.07, 6.45) is 6.41. The molecule has 2 aliphatic carbocycles. The second kappa shape index (κ2) is 21.3. The van der Waals surface area contributed by atoms with Gasteiger partial charge in [-0.3, -0.25) is 33.8 Å². The number of aliphatic hydroxyl groups is 1. The lowest BCUT2D eigenvalue weighted by Crippen LogP contribution is -2.58. The second-order valence-electron chi connectivity index (χ2n) is 23.9. The van der Waals surface area contributed by atoms with Crippen LogP contribution in [0.15, 0.2) is 90.8 Å². The van der Waals surface area contributed by atoms with Gasteiger partial charge in [-0.15, -0.1) is 11.3 Å². The molecule has 0 spiro atoms. The number of H-pyrrole nitrogens is 1. The molecule has 5 amide bonds. The van der Waals surface area contributed by atoms with Crippen molar-refractivity contribution in [2.75, 3.05) is 42.9 Å². The number of thiazole rings is 1. The van der Waals surface area contributed by atoms with Gasteiger partial charge in [-0.1, -0.05) is 82.3 Å². The van der Waals surface area contributed by atoms with Gasteiger partial charge in [0.25, 0.3) is 17.7 Å². The van der Waals surface area contributed by atoms with Crippen LogP contribution in [0.4, 0.5) is 20.2 Å². The Hall–Kier alpha value is -7.39. The van der Waals surface area contributed by atoms with Gasteiger partial charge in [0.1, 0.15) is 17.8 Å². The molecule has 7 atom stereocenters. The van der Waals surface area contributed by atoms with Gasteiger partial charge in [0, 0.05) is 86.7 Å². The maximum Gasteiger partial charge on any atom is 0.276 e. The molecule has 3 saturated heterocycles.